The van der Waals surface area contributed by atoms with Crippen LogP contribution in [0.2, 0.25) is 0 Å². The van der Waals surface area contributed by atoms with Gasteiger partial charge < -0.3 is 11.1 Å². The Bertz CT molecular complexity index is 521. The number of hydrogen-bond acceptors (Lipinski definition) is 2. The van der Waals surface area contributed by atoms with Gasteiger partial charge in [-0.3, -0.25) is 4.79 Å². The van der Waals surface area contributed by atoms with E-state index >= 15 is 0 Å². The summed E-state index contributed by atoms with van der Waals surface area (Å²) in [5.41, 5.74) is 6.26. The molecule has 0 heterocycles. The number of benzene rings is 1. The molecule has 1 aliphatic rings. The SMILES string of the molecule is CC1(C)CCC(NC(=O)c2cc(N)c(F)cc2Br)CC1. The summed E-state index contributed by atoms with van der Waals surface area (Å²) < 4.78 is 13.7. The zero-order chi connectivity index (χ0) is 14.9. The summed E-state index contributed by atoms with van der Waals surface area (Å²) >= 11 is 3.21. The molecule has 0 saturated heterocycles. The molecule has 1 amide bonds. The van der Waals surface area contributed by atoms with Gasteiger partial charge in [0, 0.05) is 10.5 Å². The molecular formula is C15H20BrFN2O. The highest BCUT2D eigenvalue weighted by Gasteiger charge is 2.28. The first-order valence-electron chi connectivity index (χ1n) is 6.84. The predicted octanol–water partition coefficient (Wildman–Crippen LogP) is 3.87. The van der Waals surface area contributed by atoms with Crippen LogP contribution in [0.3, 0.4) is 0 Å². The van der Waals surface area contributed by atoms with E-state index in [4.69, 9.17) is 5.73 Å². The number of nitrogens with one attached hydrogen (secondary N) is 1. The molecule has 2 rings (SSSR count). The largest absolute Gasteiger partial charge is 0.396 e. The standard InChI is InChI=1S/C15H20BrFN2O/c1-15(2)5-3-9(4-6-15)19-14(20)10-7-13(18)12(17)8-11(10)16/h7-9H,3-6,18H2,1-2H3,(H,19,20). The number of carbonyl (C=O) groups excluding carboxylic acids is 1. The Morgan fingerprint density at radius 3 is 2.60 bits per heavy atom. The Hall–Kier alpha value is -1.10. The highest BCUT2D eigenvalue weighted by atomic mass is 79.9. The van der Waals surface area contributed by atoms with E-state index in [2.05, 4.69) is 35.1 Å². The molecular weight excluding hydrogens is 323 g/mol. The van der Waals surface area contributed by atoms with E-state index in [1.165, 1.54) is 12.1 Å². The van der Waals surface area contributed by atoms with Crippen molar-refractivity contribution < 1.29 is 9.18 Å². The monoisotopic (exact) mass is 342 g/mol. The van der Waals surface area contributed by atoms with E-state index in [1.807, 2.05) is 0 Å². The number of rotatable bonds is 2. The van der Waals surface area contributed by atoms with Gasteiger partial charge in [-0.25, -0.2) is 4.39 Å². The molecule has 0 atom stereocenters. The van der Waals surface area contributed by atoms with Crippen LogP contribution in [-0.2, 0) is 0 Å². The van der Waals surface area contributed by atoms with Crippen LogP contribution >= 0.6 is 15.9 Å². The highest BCUT2D eigenvalue weighted by Crippen LogP contribution is 2.35. The second-order valence-corrected chi connectivity index (χ2v) is 7.12. The van der Waals surface area contributed by atoms with Gasteiger partial charge in [0.25, 0.3) is 5.91 Å². The maximum absolute atomic E-state index is 13.3. The predicted molar refractivity (Wildman–Crippen MR) is 82.0 cm³/mol. The third-order valence-electron chi connectivity index (χ3n) is 4.01. The minimum absolute atomic E-state index is 0.0110. The van der Waals surface area contributed by atoms with Crippen molar-refractivity contribution in [1.29, 1.82) is 0 Å². The number of halogens is 2. The molecule has 3 N–H and O–H groups in total. The summed E-state index contributed by atoms with van der Waals surface area (Å²) in [7, 11) is 0. The minimum atomic E-state index is -0.521. The molecule has 20 heavy (non-hydrogen) atoms. The lowest BCUT2D eigenvalue weighted by Gasteiger charge is -2.34. The van der Waals surface area contributed by atoms with Gasteiger partial charge in [-0.1, -0.05) is 13.8 Å². The fourth-order valence-electron chi connectivity index (χ4n) is 2.55. The maximum atomic E-state index is 13.3. The van der Waals surface area contributed by atoms with Crippen LogP contribution in [0.4, 0.5) is 10.1 Å². The lowest BCUT2D eigenvalue weighted by Crippen LogP contribution is -2.39. The molecule has 0 aliphatic heterocycles. The second kappa shape index (κ2) is 5.72. The normalized spacial score (nSPS) is 18.8. The zero-order valence-corrected chi connectivity index (χ0v) is 13.4. The van der Waals surface area contributed by atoms with Crippen LogP contribution in [0.25, 0.3) is 0 Å². The van der Waals surface area contributed by atoms with Gasteiger partial charge >= 0.3 is 0 Å². The fraction of sp³-hybridized carbons (Fsp3) is 0.533. The van der Waals surface area contributed by atoms with Crippen LogP contribution in [0, 0.1) is 11.2 Å². The topological polar surface area (TPSA) is 55.1 Å². The van der Waals surface area contributed by atoms with Crippen LogP contribution < -0.4 is 11.1 Å². The Morgan fingerprint density at radius 1 is 1.40 bits per heavy atom. The summed E-state index contributed by atoms with van der Waals surface area (Å²) in [6.07, 6.45) is 4.16. The average molecular weight is 343 g/mol. The first kappa shape index (κ1) is 15.3. The van der Waals surface area contributed by atoms with Gasteiger partial charge in [0.2, 0.25) is 0 Å². The molecule has 1 saturated carbocycles. The van der Waals surface area contributed by atoms with E-state index in [0.29, 0.717) is 15.5 Å². The van der Waals surface area contributed by atoms with Gasteiger partial charge in [0.15, 0.2) is 0 Å². The Labute approximate surface area is 127 Å². The molecule has 0 aromatic heterocycles. The molecule has 0 unspecified atom stereocenters. The second-order valence-electron chi connectivity index (χ2n) is 6.27. The molecule has 1 aromatic rings. The average Bonchev–Trinajstić information content (AvgIpc) is 2.36. The van der Waals surface area contributed by atoms with E-state index in [0.717, 1.165) is 25.7 Å². The van der Waals surface area contributed by atoms with Gasteiger partial charge in [-0.05, 0) is 59.2 Å². The van der Waals surface area contributed by atoms with Crippen molar-refractivity contribution in [1.82, 2.24) is 5.32 Å². The molecule has 5 heteroatoms. The summed E-state index contributed by atoms with van der Waals surface area (Å²) in [5, 5.41) is 3.01. The third-order valence-corrected chi connectivity index (χ3v) is 4.66. The van der Waals surface area contributed by atoms with Gasteiger partial charge in [-0.2, -0.15) is 0 Å². The van der Waals surface area contributed by atoms with Crippen molar-refractivity contribution in [3.05, 3.63) is 28.0 Å². The Morgan fingerprint density at radius 2 is 2.00 bits per heavy atom. The number of anilines is 1. The zero-order valence-electron chi connectivity index (χ0n) is 11.8. The van der Waals surface area contributed by atoms with Crippen LogP contribution in [-0.4, -0.2) is 11.9 Å². The smallest absolute Gasteiger partial charge is 0.252 e. The fourth-order valence-corrected chi connectivity index (χ4v) is 3.04. The van der Waals surface area contributed by atoms with E-state index in [1.54, 1.807) is 0 Å². The summed E-state index contributed by atoms with van der Waals surface area (Å²) in [6, 6.07) is 2.80. The number of amides is 1. The number of nitrogens with two attached hydrogens (primary N) is 1. The summed E-state index contributed by atoms with van der Waals surface area (Å²) in [4.78, 5) is 12.2. The first-order chi connectivity index (χ1) is 9.28. The van der Waals surface area contributed by atoms with Gasteiger partial charge in [0.1, 0.15) is 5.82 Å². The lowest BCUT2D eigenvalue weighted by molar-refractivity contribution is 0.0908. The lowest BCUT2D eigenvalue weighted by atomic mass is 9.75. The van der Waals surface area contributed by atoms with Crippen molar-refractivity contribution >= 4 is 27.5 Å². The molecule has 0 spiro atoms. The Kier molecular flexibility index (Phi) is 4.37. The van der Waals surface area contributed by atoms with Crippen molar-refractivity contribution in [2.75, 3.05) is 5.73 Å². The van der Waals surface area contributed by atoms with Gasteiger partial charge in [0.05, 0.1) is 11.3 Å². The van der Waals surface area contributed by atoms with Crippen molar-refractivity contribution in [3.63, 3.8) is 0 Å². The molecule has 3 nitrogen and oxygen atoms in total. The first-order valence-corrected chi connectivity index (χ1v) is 7.63. The molecule has 1 fully saturated rings. The minimum Gasteiger partial charge on any atom is -0.396 e. The Balaban J connectivity index is 2.04. The molecule has 1 aromatic carbocycles. The van der Waals surface area contributed by atoms with Crippen molar-refractivity contribution in [2.24, 2.45) is 5.41 Å². The molecule has 0 bridgehead atoms. The molecule has 1 aliphatic carbocycles. The van der Waals surface area contributed by atoms with E-state index in [-0.39, 0.29) is 17.6 Å². The summed E-state index contributed by atoms with van der Waals surface area (Å²) in [6.45, 7) is 4.50. The third kappa shape index (κ3) is 3.51. The van der Waals surface area contributed by atoms with E-state index < -0.39 is 5.82 Å². The van der Waals surface area contributed by atoms with Crippen LogP contribution in [0.15, 0.2) is 16.6 Å². The number of nitrogen functional groups attached to an aromatic ring is 1. The van der Waals surface area contributed by atoms with Crippen molar-refractivity contribution in [2.45, 2.75) is 45.6 Å². The van der Waals surface area contributed by atoms with Crippen LogP contribution in [0.5, 0.6) is 0 Å². The quantitative estimate of drug-likeness (QED) is 0.801. The molecule has 110 valence electrons. The maximum Gasteiger partial charge on any atom is 0.252 e. The highest BCUT2D eigenvalue weighted by molar-refractivity contribution is 9.10. The summed E-state index contributed by atoms with van der Waals surface area (Å²) in [5.74, 6) is -0.721. The number of hydrogen-bond donors (Lipinski definition) is 2. The van der Waals surface area contributed by atoms with Crippen molar-refractivity contribution in [3.8, 4) is 0 Å². The van der Waals surface area contributed by atoms with Gasteiger partial charge in [-0.15, -0.1) is 0 Å². The van der Waals surface area contributed by atoms with Crippen LogP contribution in [0.1, 0.15) is 49.9 Å². The number of carbonyl (C=O) groups is 1. The molecule has 0 radical (unpaired) electrons. The van der Waals surface area contributed by atoms with E-state index in [9.17, 15) is 9.18 Å².